The van der Waals surface area contributed by atoms with Crippen molar-refractivity contribution in [2.24, 2.45) is 0 Å². The Morgan fingerprint density at radius 1 is 1.26 bits per heavy atom. The van der Waals surface area contributed by atoms with Crippen molar-refractivity contribution >= 4 is 44.9 Å². The Bertz CT molecular complexity index is 825. The van der Waals surface area contributed by atoms with Gasteiger partial charge in [0.05, 0.1) is 4.91 Å². The van der Waals surface area contributed by atoms with E-state index in [0.29, 0.717) is 16.4 Å². The van der Waals surface area contributed by atoms with E-state index in [4.69, 9.17) is 4.42 Å². The maximum Gasteiger partial charge on any atom is 0.293 e. The zero-order chi connectivity index (χ0) is 16.4. The standard InChI is InChI=1S/C17H12BrNO3S/c1-2-8-19-16(20)15(23-17(19)21)10-13-6-7-14(22-13)11-4-3-5-12(18)9-11/h2-7,9-10H,1,8H2/b15-10+. The number of hydrogen-bond acceptors (Lipinski definition) is 4. The molecule has 3 rings (SSSR count). The summed E-state index contributed by atoms with van der Waals surface area (Å²) in [7, 11) is 0. The van der Waals surface area contributed by atoms with Gasteiger partial charge in [-0.1, -0.05) is 34.1 Å². The Balaban J connectivity index is 1.85. The van der Waals surface area contributed by atoms with Crippen molar-refractivity contribution in [2.45, 2.75) is 0 Å². The summed E-state index contributed by atoms with van der Waals surface area (Å²) in [5.74, 6) is 0.909. The molecule has 0 atom stereocenters. The van der Waals surface area contributed by atoms with Gasteiger partial charge in [-0.2, -0.15) is 0 Å². The minimum absolute atomic E-state index is 0.212. The van der Waals surface area contributed by atoms with Crippen LogP contribution in [0.4, 0.5) is 4.79 Å². The van der Waals surface area contributed by atoms with Gasteiger partial charge in [0.1, 0.15) is 11.5 Å². The first kappa shape index (κ1) is 15.8. The van der Waals surface area contributed by atoms with Crippen LogP contribution in [0.5, 0.6) is 0 Å². The predicted octanol–water partition coefficient (Wildman–Crippen LogP) is 4.93. The highest BCUT2D eigenvalue weighted by atomic mass is 79.9. The van der Waals surface area contributed by atoms with Gasteiger partial charge in [0, 0.05) is 22.7 Å². The number of carbonyl (C=O) groups is 2. The molecule has 4 nitrogen and oxygen atoms in total. The number of hydrogen-bond donors (Lipinski definition) is 0. The normalized spacial score (nSPS) is 16.4. The number of carbonyl (C=O) groups excluding carboxylic acids is 2. The second-order valence-electron chi connectivity index (χ2n) is 4.79. The van der Waals surface area contributed by atoms with Crippen LogP contribution in [0.25, 0.3) is 17.4 Å². The molecule has 0 aliphatic carbocycles. The molecule has 116 valence electrons. The van der Waals surface area contributed by atoms with E-state index in [1.165, 1.54) is 6.08 Å². The van der Waals surface area contributed by atoms with Crippen molar-refractivity contribution in [3.05, 3.63) is 64.2 Å². The summed E-state index contributed by atoms with van der Waals surface area (Å²) in [5.41, 5.74) is 0.929. The molecule has 2 amide bonds. The smallest absolute Gasteiger partial charge is 0.293 e. The van der Waals surface area contributed by atoms with E-state index in [1.807, 2.05) is 30.3 Å². The molecule has 2 heterocycles. The number of nitrogens with zero attached hydrogens (tertiary/aromatic N) is 1. The van der Waals surface area contributed by atoms with Crippen LogP contribution in [0.3, 0.4) is 0 Å². The van der Waals surface area contributed by atoms with Crippen molar-refractivity contribution in [3.63, 3.8) is 0 Å². The van der Waals surface area contributed by atoms with Gasteiger partial charge in [0.25, 0.3) is 11.1 Å². The quantitative estimate of drug-likeness (QED) is 0.549. The second-order valence-corrected chi connectivity index (χ2v) is 6.70. The minimum atomic E-state index is -0.319. The van der Waals surface area contributed by atoms with E-state index >= 15 is 0 Å². The number of furan rings is 1. The Labute approximate surface area is 146 Å². The number of rotatable bonds is 4. The Hall–Kier alpha value is -2.05. The lowest BCUT2D eigenvalue weighted by molar-refractivity contribution is -0.122. The van der Waals surface area contributed by atoms with Crippen molar-refractivity contribution < 1.29 is 14.0 Å². The summed E-state index contributed by atoms with van der Waals surface area (Å²) in [5, 5.41) is -0.292. The first-order chi connectivity index (χ1) is 11.1. The molecule has 0 unspecified atom stereocenters. The molecule has 1 aliphatic heterocycles. The van der Waals surface area contributed by atoms with Crippen molar-refractivity contribution in [3.8, 4) is 11.3 Å². The van der Waals surface area contributed by atoms with Crippen LogP contribution < -0.4 is 0 Å². The number of benzene rings is 1. The number of thioether (sulfide) groups is 1. The van der Waals surface area contributed by atoms with Crippen LogP contribution in [0.1, 0.15) is 5.76 Å². The average Bonchev–Trinajstić information content (AvgIpc) is 3.09. The molecule has 23 heavy (non-hydrogen) atoms. The zero-order valence-electron chi connectivity index (χ0n) is 12.0. The molecule has 1 aromatic heterocycles. The lowest BCUT2D eigenvalue weighted by Gasteiger charge is -2.07. The Morgan fingerprint density at radius 2 is 2.09 bits per heavy atom. The lowest BCUT2D eigenvalue weighted by Crippen LogP contribution is -2.27. The molecule has 0 saturated carbocycles. The Morgan fingerprint density at radius 3 is 2.83 bits per heavy atom. The first-order valence-electron chi connectivity index (χ1n) is 6.80. The van der Waals surface area contributed by atoms with Gasteiger partial charge in [-0.15, -0.1) is 6.58 Å². The zero-order valence-corrected chi connectivity index (χ0v) is 14.4. The average molecular weight is 390 g/mol. The van der Waals surface area contributed by atoms with E-state index in [9.17, 15) is 9.59 Å². The predicted molar refractivity (Wildman–Crippen MR) is 94.7 cm³/mol. The highest BCUT2D eigenvalue weighted by molar-refractivity contribution is 9.10. The van der Waals surface area contributed by atoms with Gasteiger partial charge in [0.15, 0.2) is 0 Å². The van der Waals surface area contributed by atoms with E-state index < -0.39 is 0 Å². The van der Waals surface area contributed by atoms with Gasteiger partial charge in [-0.3, -0.25) is 14.5 Å². The molecular formula is C17H12BrNO3S. The topological polar surface area (TPSA) is 50.5 Å². The molecular weight excluding hydrogens is 378 g/mol. The molecule has 0 spiro atoms. The SMILES string of the molecule is C=CCN1C(=O)S/C(=C/c2ccc(-c3cccc(Br)c3)o2)C1=O. The highest BCUT2D eigenvalue weighted by Crippen LogP contribution is 2.33. The largest absolute Gasteiger partial charge is 0.457 e. The summed E-state index contributed by atoms with van der Waals surface area (Å²) < 4.78 is 6.71. The van der Waals surface area contributed by atoms with Crippen LogP contribution in [0.2, 0.25) is 0 Å². The van der Waals surface area contributed by atoms with Gasteiger partial charge < -0.3 is 4.42 Å². The first-order valence-corrected chi connectivity index (χ1v) is 8.41. The molecule has 0 N–H and O–H groups in total. The van der Waals surface area contributed by atoms with E-state index in [1.54, 1.807) is 12.1 Å². The molecule has 6 heteroatoms. The number of amides is 2. The molecule has 1 aliphatic rings. The maximum atomic E-state index is 12.2. The third-order valence-electron chi connectivity index (χ3n) is 3.19. The fraction of sp³-hybridized carbons (Fsp3) is 0.0588. The third kappa shape index (κ3) is 3.33. The van der Waals surface area contributed by atoms with Crippen molar-refractivity contribution in [2.75, 3.05) is 6.54 Å². The summed E-state index contributed by atoms with van der Waals surface area (Å²) in [6.45, 7) is 3.76. The van der Waals surface area contributed by atoms with E-state index in [0.717, 1.165) is 26.7 Å². The summed E-state index contributed by atoms with van der Waals surface area (Å²) in [6, 6.07) is 11.3. The van der Waals surface area contributed by atoms with Crippen molar-refractivity contribution in [1.29, 1.82) is 0 Å². The van der Waals surface area contributed by atoms with Gasteiger partial charge in [0.2, 0.25) is 0 Å². The maximum absolute atomic E-state index is 12.2. The highest BCUT2D eigenvalue weighted by Gasteiger charge is 2.34. The van der Waals surface area contributed by atoms with Crippen LogP contribution in [-0.2, 0) is 4.79 Å². The van der Waals surface area contributed by atoms with Crippen LogP contribution in [0.15, 0.2) is 62.8 Å². The second kappa shape index (κ2) is 6.60. The molecule has 1 fully saturated rings. The molecule has 1 aromatic carbocycles. The van der Waals surface area contributed by atoms with Gasteiger partial charge >= 0.3 is 0 Å². The van der Waals surface area contributed by atoms with Crippen molar-refractivity contribution in [1.82, 2.24) is 4.90 Å². The van der Waals surface area contributed by atoms with E-state index in [2.05, 4.69) is 22.5 Å². The lowest BCUT2D eigenvalue weighted by atomic mass is 10.2. The van der Waals surface area contributed by atoms with Crippen LogP contribution in [0, 0.1) is 0 Å². The number of halogens is 1. The monoisotopic (exact) mass is 389 g/mol. The molecule has 0 radical (unpaired) electrons. The Kier molecular flexibility index (Phi) is 4.54. The molecule has 1 saturated heterocycles. The molecule has 2 aromatic rings. The summed E-state index contributed by atoms with van der Waals surface area (Å²) >= 11 is 4.33. The van der Waals surface area contributed by atoms with Gasteiger partial charge in [-0.25, -0.2) is 0 Å². The summed E-state index contributed by atoms with van der Waals surface area (Å²) in [4.78, 5) is 25.4. The van der Waals surface area contributed by atoms with Gasteiger partial charge in [-0.05, 0) is 36.0 Å². The fourth-order valence-corrected chi connectivity index (χ4v) is 3.37. The number of imide groups is 1. The fourth-order valence-electron chi connectivity index (χ4n) is 2.14. The minimum Gasteiger partial charge on any atom is -0.457 e. The molecule has 0 bridgehead atoms. The van der Waals surface area contributed by atoms with E-state index in [-0.39, 0.29) is 17.7 Å². The third-order valence-corrected chi connectivity index (χ3v) is 4.60. The summed E-state index contributed by atoms with van der Waals surface area (Å²) in [6.07, 6.45) is 3.12. The van der Waals surface area contributed by atoms with Crippen LogP contribution >= 0.6 is 27.7 Å². The van der Waals surface area contributed by atoms with Crippen LogP contribution in [-0.4, -0.2) is 22.6 Å².